The molecule has 4 heterocycles. The van der Waals surface area contributed by atoms with E-state index in [0.717, 1.165) is 16.3 Å². The Morgan fingerprint density at radius 2 is 1.77 bits per heavy atom. The number of hydrogen-bond acceptors (Lipinski definition) is 7. The molecule has 0 aliphatic heterocycles. The van der Waals surface area contributed by atoms with Crippen LogP contribution in [0.3, 0.4) is 0 Å². The number of halogens is 3. The molecule has 0 fully saturated rings. The molecule has 0 atom stereocenters. The third-order valence-electron chi connectivity index (χ3n) is 3.94. The Bertz CT molecular complexity index is 1150. The highest BCUT2D eigenvalue weighted by Gasteiger charge is 2.31. The first-order valence-corrected chi connectivity index (χ1v) is 9.55. The molecule has 0 aliphatic carbocycles. The van der Waals surface area contributed by atoms with E-state index in [2.05, 4.69) is 30.1 Å². The van der Waals surface area contributed by atoms with Gasteiger partial charge in [-0.15, -0.1) is 10.2 Å². The Balaban J connectivity index is 1.73. The number of aromatic nitrogens is 7. The summed E-state index contributed by atoms with van der Waals surface area (Å²) in [5.41, 5.74) is 1.86. The van der Waals surface area contributed by atoms with Crippen molar-refractivity contribution in [1.82, 2.24) is 34.7 Å². The van der Waals surface area contributed by atoms with Gasteiger partial charge in [-0.2, -0.15) is 13.2 Å². The molecule has 4 rings (SSSR count). The SMILES string of the molecule is Cc1cc(Sc2nnc(-c3ccncc3)n2CC(F)(F)F)nc(-c2cccnc2)n1. The van der Waals surface area contributed by atoms with Crippen LogP contribution in [0.25, 0.3) is 22.8 Å². The number of alkyl halides is 3. The highest BCUT2D eigenvalue weighted by atomic mass is 32.2. The van der Waals surface area contributed by atoms with Gasteiger partial charge in [-0.25, -0.2) is 9.97 Å². The summed E-state index contributed by atoms with van der Waals surface area (Å²) in [6.45, 7) is 0.563. The van der Waals surface area contributed by atoms with Crippen LogP contribution >= 0.6 is 11.8 Å². The average molecular weight is 429 g/mol. The van der Waals surface area contributed by atoms with Gasteiger partial charge in [0.1, 0.15) is 11.6 Å². The lowest BCUT2D eigenvalue weighted by Crippen LogP contribution is -2.19. The highest BCUT2D eigenvalue weighted by Crippen LogP contribution is 2.32. The lowest BCUT2D eigenvalue weighted by Gasteiger charge is -2.12. The van der Waals surface area contributed by atoms with Crippen molar-refractivity contribution in [3.8, 4) is 22.8 Å². The zero-order valence-corrected chi connectivity index (χ0v) is 16.4. The lowest BCUT2D eigenvalue weighted by atomic mass is 10.2. The van der Waals surface area contributed by atoms with E-state index in [9.17, 15) is 13.2 Å². The quantitative estimate of drug-likeness (QED) is 0.440. The normalized spacial score (nSPS) is 11.6. The minimum absolute atomic E-state index is 0.0781. The Kier molecular flexibility index (Phi) is 5.44. The molecule has 11 heteroatoms. The van der Waals surface area contributed by atoms with Crippen LogP contribution in [-0.2, 0) is 6.54 Å². The Labute approximate surface area is 173 Å². The Morgan fingerprint density at radius 3 is 2.47 bits per heavy atom. The number of pyridine rings is 2. The zero-order valence-electron chi connectivity index (χ0n) is 15.6. The highest BCUT2D eigenvalue weighted by molar-refractivity contribution is 7.99. The van der Waals surface area contributed by atoms with Crippen molar-refractivity contribution in [3.05, 3.63) is 60.8 Å². The van der Waals surface area contributed by atoms with E-state index in [1.165, 1.54) is 12.4 Å². The van der Waals surface area contributed by atoms with E-state index in [0.29, 0.717) is 27.7 Å². The number of nitrogens with zero attached hydrogens (tertiary/aromatic N) is 7. The summed E-state index contributed by atoms with van der Waals surface area (Å²) in [7, 11) is 0. The molecule has 0 saturated heterocycles. The molecule has 0 N–H and O–H groups in total. The van der Waals surface area contributed by atoms with E-state index in [4.69, 9.17) is 0 Å². The van der Waals surface area contributed by atoms with Gasteiger partial charge in [0.15, 0.2) is 16.8 Å². The Morgan fingerprint density at radius 1 is 0.967 bits per heavy atom. The molecule has 0 unspecified atom stereocenters. The number of aryl methyl sites for hydroxylation is 1. The average Bonchev–Trinajstić information content (AvgIpc) is 3.09. The molecule has 4 aromatic rings. The van der Waals surface area contributed by atoms with Crippen LogP contribution in [0.15, 0.2) is 65.3 Å². The van der Waals surface area contributed by atoms with Gasteiger partial charge in [0.2, 0.25) is 0 Å². The molecule has 30 heavy (non-hydrogen) atoms. The summed E-state index contributed by atoms with van der Waals surface area (Å²) >= 11 is 0.996. The first-order valence-electron chi connectivity index (χ1n) is 8.73. The van der Waals surface area contributed by atoms with E-state index in [-0.39, 0.29) is 11.0 Å². The van der Waals surface area contributed by atoms with Crippen LogP contribution in [0.2, 0.25) is 0 Å². The number of hydrogen-bond donors (Lipinski definition) is 0. The topological polar surface area (TPSA) is 82.3 Å². The maximum Gasteiger partial charge on any atom is 0.406 e. The van der Waals surface area contributed by atoms with E-state index < -0.39 is 12.7 Å². The molecule has 0 aromatic carbocycles. The first kappa shape index (κ1) is 20.0. The minimum Gasteiger partial charge on any atom is -0.293 e. The van der Waals surface area contributed by atoms with Crippen LogP contribution < -0.4 is 0 Å². The standard InChI is InChI=1S/C19H14F3N7S/c1-12-9-15(26-16(25-12)14-3-2-6-24-10-14)30-18-28-27-17(13-4-7-23-8-5-13)29(18)11-19(20,21)22/h2-10H,11H2,1H3. The van der Waals surface area contributed by atoms with Crippen LogP contribution in [0.5, 0.6) is 0 Å². The maximum atomic E-state index is 13.3. The third-order valence-corrected chi connectivity index (χ3v) is 4.84. The molecule has 0 spiro atoms. The van der Waals surface area contributed by atoms with Crippen LogP contribution in [0, 0.1) is 6.92 Å². The zero-order chi connectivity index (χ0) is 21.1. The van der Waals surface area contributed by atoms with Crippen LogP contribution in [-0.4, -0.2) is 40.9 Å². The molecule has 0 bridgehead atoms. The molecular formula is C19H14F3N7S. The van der Waals surface area contributed by atoms with Gasteiger partial charge in [-0.05, 0) is 49.0 Å². The van der Waals surface area contributed by atoms with Crippen molar-refractivity contribution in [3.63, 3.8) is 0 Å². The van der Waals surface area contributed by atoms with Crippen molar-refractivity contribution in [1.29, 1.82) is 0 Å². The summed E-state index contributed by atoms with van der Waals surface area (Å²) in [5, 5.41) is 8.50. The van der Waals surface area contributed by atoms with Gasteiger partial charge < -0.3 is 0 Å². The van der Waals surface area contributed by atoms with Gasteiger partial charge in [0, 0.05) is 41.6 Å². The van der Waals surface area contributed by atoms with E-state index >= 15 is 0 Å². The van der Waals surface area contributed by atoms with Crippen molar-refractivity contribution >= 4 is 11.8 Å². The fourth-order valence-corrected chi connectivity index (χ4v) is 3.60. The smallest absolute Gasteiger partial charge is 0.293 e. The molecule has 0 radical (unpaired) electrons. The van der Waals surface area contributed by atoms with Crippen LogP contribution in [0.1, 0.15) is 5.69 Å². The predicted octanol–water partition coefficient (Wildman–Crippen LogP) is 4.21. The summed E-state index contributed by atoms with van der Waals surface area (Å²) in [5.74, 6) is 0.539. The molecule has 7 nitrogen and oxygen atoms in total. The van der Waals surface area contributed by atoms with Gasteiger partial charge in [-0.3, -0.25) is 14.5 Å². The van der Waals surface area contributed by atoms with Crippen LogP contribution in [0.4, 0.5) is 13.2 Å². The van der Waals surface area contributed by atoms with Gasteiger partial charge in [-0.1, -0.05) is 0 Å². The summed E-state index contributed by atoms with van der Waals surface area (Å²) < 4.78 is 40.8. The monoisotopic (exact) mass is 429 g/mol. The second-order valence-corrected chi connectivity index (χ2v) is 7.25. The second-order valence-electron chi connectivity index (χ2n) is 6.26. The lowest BCUT2D eigenvalue weighted by molar-refractivity contribution is -0.141. The van der Waals surface area contributed by atoms with E-state index in [1.807, 2.05) is 6.07 Å². The fraction of sp³-hybridized carbons (Fsp3) is 0.158. The third kappa shape index (κ3) is 4.62. The molecule has 4 aromatic heterocycles. The molecule has 0 amide bonds. The minimum atomic E-state index is -4.44. The van der Waals surface area contributed by atoms with Crippen molar-refractivity contribution in [2.24, 2.45) is 0 Å². The van der Waals surface area contributed by atoms with Crippen molar-refractivity contribution < 1.29 is 13.2 Å². The van der Waals surface area contributed by atoms with Gasteiger partial charge in [0.25, 0.3) is 0 Å². The summed E-state index contributed by atoms with van der Waals surface area (Å²) in [4.78, 5) is 16.8. The summed E-state index contributed by atoms with van der Waals surface area (Å²) in [6.07, 6.45) is 1.79. The molecule has 0 aliphatic rings. The van der Waals surface area contributed by atoms with Gasteiger partial charge in [0.05, 0.1) is 0 Å². The first-order chi connectivity index (χ1) is 14.4. The largest absolute Gasteiger partial charge is 0.406 e. The molecular weight excluding hydrogens is 415 g/mol. The fourth-order valence-electron chi connectivity index (χ4n) is 2.71. The Hall–Kier alpha value is -3.34. The number of rotatable bonds is 5. The van der Waals surface area contributed by atoms with Gasteiger partial charge >= 0.3 is 6.18 Å². The second kappa shape index (κ2) is 8.19. The predicted molar refractivity (Wildman–Crippen MR) is 103 cm³/mol. The van der Waals surface area contributed by atoms with E-state index in [1.54, 1.807) is 43.6 Å². The molecule has 152 valence electrons. The van der Waals surface area contributed by atoms with Crippen molar-refractivity contribution in [2.45, 2.75) is 29.8 Å². The van der Waals surface area contributed by atoms with Crippen molar-refractivity contribution in [2.75, 3.05) is 0 Å². The molecule has 0 saturated carbocycles. The maximum absolute atomic E-state index is 13.3. The summed E-state index contributed by atoms with van der Waals surface area (Å²) in [6, 6.07) is 8.42.